The van der Waals surface area contributed by atoms with Crippen LogP contribution in [0.4, 0.5) is 5.69 Å². The summed E-state index contributed by atoms with van der Waals surface area (Å²) in [5.74, 6) is 0.295. The van der Waals surface area contributed by atoms with Crippen LogP contribution in [0.25, 0.3) is 0 Å². The maximum absolute atomic E-state index is 12.2. The van der Waals surface area contributed by atoms with Gasteiger partial charge in [-0.15, -0.1) is 0 Å². The van der Waals surface area contributed by atoms with E-state index >= 15 is 0 Å². The van der Waals surface area contributed by atoms with Crippen molar-refractivity contribution in [2.45, 2.75) is 20.1 Å². The lowest BCUT2D eigenvalue weighted by Gasteiger charge is -2.06. The fourth-order valence-corrected chi connectivity index (χ4v) is 2.60. The van der Waals surface area contributed by atoms with E-state index < -0.39 is 4.92 Å². The van der Waals surface area contributed by atoms with Gasteiger partial charge >= 0.3 is 0 Å². The molecular weight excluding hydrogens is 388 g/mol. The number of furan rings is 1. The van der Waals surface area contributed by atoms with Gasteiger partial charge in [-0.25, -0.2) is 0 Å². The number of nitro benzene ring substituents is 1. The fraction of sp³-hybridized carbons (Fsp3) is 0.222. The normalized spacial score (nSPS) is 10.7. The molecule has 2 heterocycles. The number of carbonyl (C=O) groups is 1. The standard InChI is InChI=1S/C18H17ClN4O5/c1-11-12(9-21-22(11)2)8-20-18(24)16-6-4-14(28-16)10-27-17-7-13(23(25)26)3-5-15(17)19/h3-7,9H,8,10H2,1-2H3,(H,20,24). The smallest absolute Gasteiger partial charge is 0.287 e. The second kappa shape index (κ2) is 8.13. The van der Waals surface area contributed by atoms with Crippen molar-refractivity contribution < 1.29 is 18.9 Å². The SMILES string of the molecule is Cc1c(CNC(=O)c2ccc(COc3cc([N+](=O)[O-])ccc3Cl)o2)cnn1C. The number of nitro groups is 1. The van der Waals surface area contributed by atoms with Crippen molar-refractivity contribution in [1.82, 2.24) is 15.1 Å². The van der Waals surface area contributed by atoms with E-state index in [-0.39, 0.29) is 34.7 Å². The molecule has 1 amide bonds. The Kier molecular flexibility index (Phi) is 5.65. The minimum Gasteiger partial charge on any atom is -0.484 e. The molecule has 0 atom stereocenters. The number of hydrogen-bond donors (Lipinski definition) is 1. The number of benzene rings is 1. The number of halogens is 1. The van der Waals surface area contributed by atoms with Crippen LogP contribution in [0.5, 0.6) is 5.75 Å². The van der Waals surface area contributed by atoms with Gasteiger partial charge in [0.2, 0.25) is 0 Å². The zero-order chi connectivity index (χ0) is 20.3. The summed E-state index contributed by atoms with van der Waals surface area (Å²) in [6.07, 6.45) is 1.69. The van der Waals surface area contributed by atoms with Gasteiger partial charge in [-0.05, 0) is 25.1 Å². The lowest BCUT2D eigenvalue weighted by molar-refractivity contribution is -0.384. The second-order valence-corrected chi connectivity index (χ2v) is 6.40. The van der Waals surface area contributed by atoms with Gasteiger partial charge in [0.05, 0.1) is 22.2 Å². The minimum atomic E-state index is -0.539. The quantitative estimate of drug-likeness (QED) is 0.477. The van der Waals surface area contributed by atoms with Crippen LogP contribution in [0.15, 0.2) is 40.9 Å². The first-order valence-corrected chi connectivity index (χ1v) is 8.64. The number of amides is 1. The summed E-state index contributed by atoms with van der Waals surface area (Å²) in [5, 5.41) is 18.0. The fourth-order valence-electron chi connectivity index (χ4n) is 2.42. The molecule has 3 rings (SSSR count). The highest BCUT2D eigenvalue weighted by molar-refractivity contribution is 6.32. The summed E-state index contributed by atoms with van der Waals surface area (Å²) >= 11 is 5.99. The molecule has 3 aromatic rings. The molecule has 0 bridgehead atoms. The van der Waals surface area contributed by atoms with E-state index in [4.69, 9.17) is 20.8 Å². The number of carbonyl (C=O) groups excluding carboxylic acids is 1. The van der Waals surface area contributed by atoms with Crippen molar-refractivity contribution in [3.8, 4) is 5.75 Å². The molecule has 1 aromatic carbocycles. The van der Waals surface area contributed by atoms with Crippen molar-refractivity contribution in [3.63, 3.8) is 0 Å². The Balaban J connectivity index is 1.59. The molecule has 1 N–H and O–H groups in total. The molecule has 0 spiro atoms. The van der Waals surface area contributed by atoms with Crippen LogP contribution in [0.2, 0.25) is 5.02 Å². The third-order valence-electron chi connectivity index (χ3n) is 4.16. The molecule has 0 radical (unpaired) electrons. The zero-order valence-electron chi connectivity index (χ0n) is 15.1. The first kappa shape index (κ1) is 19.4. The molecule has 0 aliphatic carbocycles. The average Bonchev–Trinajstić information content (AvgIpc) is 3.27. The molecule has 28 heavy (non-hydrogen) atoms. The van der Waals surface area contributed by atoms with Crippen LogP contribution in [0.1, 0.15) is 27.6 Å². The van der Waals surface area contributed by atoms with Crippen molar-refractivity contribution in [2.24, 2.45) is 7.05 Å². The first-order chi connectivity index (χ1) is 13.3. The van der Waals surface area contributed by atoms with Gasteiger partial charge in [0.1, 0.15) is 18.1 Å². The summed E-state index contributed by atoms with van der Waals surface area (Å²) in [5.41, 5.74) is 1.73. The van der Waals surface area contributed by atoms with E-state index in [1.165, 1.54) is 24.3 Å². The molecule has 10 heteroatoms. The molecule has 0 saturated carbocycles. The van der Waals surface area contributed by atoms with E-state index in [2.05, 4.69) is 10.4 Å². The van der Waals surface area contributed by atoms with Crippen molar-refractivity contribution in [1.29, 1.82) is 0 Å². The van der Waals surface area contributed by atoms with Crippen molar-refractivity contribution in [3.05, 3.63) is 74.4 Å². The van der Waals surface area contributed by atoms with Crippen LogP contribution in [0.3, 0.4) is 0 Å². The predicted octanol–water partition coefficient (Wildman–Crippen LogP) is 3.39. The average molecular weight is 405 g/mol. The van der Waals surface area contributed by atoms with Crippen LogP contribution in [0, 0.1) is 17.0 Å². The van der Waals surface area contributed by atoms with Gasteiger partial charge in [0, 0.05) is 30.9 Å². The molecule has 146 valence electrons. The van der Waals surface area contributed by atoms with Crippen LogP contribution in [-0.2, 0) is 20.2 Å². The Hall–Kier alpha value is -3.33. The monoisotopic (exact) mass is 404 g/mol. The Bertz CT molecular complexity index is 1030. The predicted molar refractivity (Wildman–Crippen MR) is 100 cm³/mol. The van der Waals surface area contributed by atoms with E-state index in [9.17, 15) is 14.9 Å². The Morgan fingerprint density at radius 2 is 2.18 bits per heavy atom. The molecule has 9 nitrogen and oxygen atoms in total. The highest BCUT2D eigenvalue weighted by Gasteiger charge is 2.14. The summed E-state index contributed by atoms with van der Waals surface area (Å²) in [6.45, 7) is 2.21. The Labute approximate surface area is 165 Å². The van der Waals surface area contributed by atoms with Crippen LogP contribution >= 0.6 is 11.6 Å². The zero-order valence-corrected chi connectivity index (χ0v) is 15.9. The summed E-state index contributed by atoms with van der Waals surface area (Å²) < 4.78 is 12.7. The van der Waals surface area contributed by atoms with Gasteiger partial charge in [-0.1, -0.05) is 11.6 Å². The highest BCUT2D eigenvalue weighted by atomic mass is 35.5. The van der Waals surface area contributed by atoms with Gasteiger partial charge in [-0.2, -0.15) is 5.10 Å². The molecule has 0 fully saturated rings. The highest BCUT2D eigenvalue weighted by Crippen LogP contribution is 2.29. The van der Waals surface area contributed by atoms with E-state index in [1.54, 1.807) is 16.9 Å². The van der Waals surface area contributed by atoms with Gasteiger partial charge in [-0.3, -0.25) is 19.6 Å². The number of rotatable bonds is 7. The third-order valence-corrected chi connectivity index (χ3v) is 4.47. The molecule has 0 aliphatic heterocycles. The number of non-ortho nitro benzene ring substituents is 1. The van der Waals surface area contributed by atoms with Gasteiger partial charge in [0.25, 0.3) is 11.6 Å². The van der Waals surface area contributed by atoms with Crippen LogP contribution < -0.4 is 10.1 Å². The van der Waals surface area contributed by atoms with Gasteiger partial charge < -0.3 is 14.5 Å². The molecule has 2 aromatic heterocycles. The number of nitrogens with one attached hydrogen (secondary N) is 1. The minimum absolute atomic E-state index is 0.0319. The topological polar surface area (TPSA) is 112 Å². The largest absolute Gasteiger partial charge is 0.484 e. The molecule has 0 saturated heterocycles. The van der Waals surface area contributed by atoms with Crippen LogP contribution in [-0.4, -0.2) is 20.6 Å². The summed E-state index contributed by atoms with van der Waals surface area (Å²) in [4.78, 5) is 22.5. The number of ether oxygens (including phenoxy) is 1. The summed E-state index contributed by atoms with van der Waals surface area (Å²) in [7, 11) is 1.83. The van der Waals surface area contributed by atoms with E-state index in [0.29, 0.717) is 12.3 Å². The number of aromatic nitrogens is 2. The number of hydrogen-bond acceptors (Lipinski definition) is 6. The third kappa shape index (κ3) is 4.32. The number of aryl methyl sites for hydroxylation is 1. The maximum Gasteiger partial charge on any atom is 0.287 e. The van der Waals surface area contributed by atoms with E-state index in [0.717, 1.165) is 11.3 Å². The molecule has 0 unspecified atom stereocenters. The molecular formula is C18H17ClN4O5. The summed E-state index contributed by atoms with van der Waals surface area (Å²) in [6, 6.07) is 7.02. The lowest BCUT2D eigenvalue weighted by atomic mass is 10.2. The first-order valence-electron chi connectivity index (χ1n) is 8.26. The van der Waals surface area contributed by atoms with Crippen molar-refractivity contribution >= 4 is 23.2 Å². The number of nitrogens with zero attached hydrogens (tertiary/aromatic N) is 3. The Morgan fingerprint density at radius 3 is 2.86 bits per heavy atom. The van der Waals surface area contributed by atoms with E-state index in [1.807, 2.05) is 14.0 Å². The van der Waals surface area contributed by atoms with Crippen molar-refractivity contribution in [2.75, 3.05) is 0 Å². The molecule has 0 aliphatic rings. The second-order valence-electron chi connectivity index (χ2n) is 5.99. The maximum atomic E-state index is 12.2. The van der Waals surface area contributed by atoms with Gasteiger partial charge in [0.15, 0.2) is 5.76 Å². The lowest BCUT2D eigenvalue weighted by Crippen LogP contribution is -2.22. The Morgan fingerprint density at radius 1 is 1.39 bits per heavy atom.